The number of aryl methyl sites for hydroxylation is 1. The fourth-order valence-corrected chi connectivity index (χ4v) is 3.72. The Morgan fingerprint density at radius 2 is 2.16 bits per heavy atom. The maximum atomic E-state index is 5.31. The van der Waals surface area contributed by atoms with Crippen molar-refractivity contribution in [3.8, 4) is 5.75 Å². The number of hydrogen-bond acceptors (Lipinski definition) is 3. The number of rotatable bonds is 5. The Balaban J connectivity index is 2.22. The molecule has 1 aromatic heterocycles. The molecular weight excluding hydrogens is 322 g/mol. The molecule has 1 unspecified atom stereocenters. The van der Waals surface area contributed by atoms with Gasteiger partial charge in [0.2, 0.25) is 0 Å². The summed E-state index contributed by atoms with van der Waals surface area (Å²) in [7, 11) is 3.71. The Labute approximate surface area is 126 Å². The van der Waals surface area contributed by atoms with Crippen LogP contribution in [-0.4, -0.2) is 14.2 Å². The molecule has 0 radical (unpaired) electrons. The van der Waals surface area contributed by atoms with Crippen LogP contribution in [0.1, 0.15) is 22.0 Å². The van der Waals surface area contributed by atoms with Crippen LogP contribution in [0.25, 0.3) is 0 Å². The first kappa shape index (κ1) is 14.6. The average Bonchev–Trinajstić information content (AvgIpc) is 2.81. The summed E-state index contributed by atoms with van der Waals surface area (Å²) in [4.78, 5) is 1.37. The highest BCUT2D eigenvalue weighted by molar-refractivity contribution is 9.10. The summed E-state index contributed by atoms with van der Waals surface area (Å²) >= 11 is 5.38. The van der Waals surface area contributed by atoms with Crippen LogP contribution in [0.5, 0.6) is 5.75 Å². The molecule has 0 saturated heterocycles. The van der Waals surface area contributed by atoms with E-state index >= 15 is 0 Å². The van der Waals surface area contributed by atoms with E-state index < -0.39 is 0 Å². The van der Waals surface area contributed by atoms with Gasteiger partial charge in [-0.3, -0.25) is 0 Å². The number of methoxy groups -OCH3 is 1. The first-order valence-corrected chi connectivity index (χ1v) is 7.86. The highest BCUT2D eigenvalue weighted by Gasteiger charge is 2.14. The third kappa shape index (κ3) is 3.38. The van der Waals surface area contributed by atoms with E-state index in [2.05, 4.69) is 51.7 Å². The molecule has 0 bridgehead atoms. The largest absolute Gasteiger partial charge is 0.496 e. The van der Waals surface area contributed by atoms with Gasteiger partial charge in [-0.15, -0.1) is 11.3 Å². The molecule has 1 aromatic carbocycles. The first-order chi connectivity index (χ1) is 9.15. The quantitative estimate of drug-likeness (QED) is 0.875. The predicted octanol–water partition coefficient (Wildman–Crippen LogP) is 4.33. The van der Waals surface area contributed by atoms with Crippen molar-refractivity contribution < 1.29 is 4.74 Å². The zero-order valence-electron chi connectivity index (χ0n) is 11.4. The van der Waals surface area contributed by atoms with Crippen LogP contribution in [0, 0.1) is 6.92 Å². The van der Waals surface area contributed by atoms with Gasteiger partial charge in [-0.25, -0.2) is 0 Å². The monoisotopic (exact) mass is 339 g/mol. The van der Waals surface area contributed by atoms with E-state index in [9.17, 15) is 0 Å². The molecule has 0 aliphatic heterocycles. The molecule has 2 nitrogen and oxygen atoms in total. The van der Waals surface area contributed by atoms with Gasteiger partial charge in [0.15, 0.2) is 0 Å². The van der Waals surface area contributed by atoms with Gasteiger partial charge in [-0.05, 0) is 58.5 Å². The summed E-state index contributed by atoms with van der Waals surface area (Å²) in [5.41, 5.74) is 2.46. The second kappa shape index (κ2) is 6.55. The smallest absolute Gasteiger partial charge is 0.121 e. The van der Waals surface area contributed by atoms with Crippen LogP contribution in [0.4, 0.5) is 0 Å². The van der Waals surface area contributed by atoms with E-state index in [1.54, 1.807) is 18.4 Å². The highest BCUT2D eigenvalue weighted by Crippen LogP contribution is 2.29. The fourth-order valence-electron chi connectivity index (χ4n) is 2.16. The molecule has 0 spiro atoms. The molecule has 1 atom stereocenters. The highest BCUT2D eigenvalue weighted by atomic mass is 79.9. The number of hydrogen-bond donors (Lipinski definition) is 1. The SMILES string of the molecule is CNC(Cc1sccc1Br)c1ccc(OC)c(C)c1. The van der Waals surface area contributed by atoms with Gasteiger partial charge in [0.25, 0.3) is 0 Å². The zero-order chi connectivity index (χ0) is 13.8. The predicted molar refractivity (Wildman–Crippen MR) is 85.3 cm³/mol. The van der Waals surface area contributed by atoms with Gasteiger partial charge in [-0.2, -0.15) is 0 Å². The molecule has 0 fully saturated rings. The molecule has 0 saturated carbocycles. The van der Waals surface area contributed by atoms with Gasteiger partial charge in [0, 0.05) is 21.8 Å². The maximum absolute atomic E-state index is 5.31. The lowest BCUT2D eigenvalue weighted by atomic mass is 10.0. The third-order valence-corrected chi connectivity index (χ3v) is 5.20. The van der Waals surface area contributed by atoms with Crippen molar-refractivity contribution in [3.05, 3.63) is 50.1 Å². The molecule has 0 aliphatic rings. The summed E-state index contributed by atoms with van der Waals surface area (Å²) in [5.74, 6) is 0.941. The molecule has 1 N–H and O–H groups in total. The van der Waals surface area contributed by atoms with Crippen LogP contribution >= 0.6 is 27.3 Å². The Morgan fingerprint density at radius 3 is 2.68 bits per heavy atom. The van der Waals surface area contributed by atoms with Gasteiger partial charge < -0.3 is 10.1 Å². The summed E-state index contributed by atoms with van der Waals surface area (Å²) in [6.45, 7) is 2.08. The van der Waals surface area contributed by atoms with E-state index in [4.69, 9.17) is 4.74 Å². The Hall–Kier alpha value is -0.840. The fraction of sp³-hybridized carbons (Fsp3) is 0.333. The summed E-state index contributed by atoms with van der Waals surface area (Å²) in [6.07, 6.45) is 0.987. The number of benzene rings is 1. The number of nitrogens with one attached hydrogen (secondary N) is 1. The van der Waals surface area contributed by atoms with Crippen molar-refractivity contribution in [1.29, 1.82) is 0 Å². The van der Waals surface area contributed by atoms with Gasteiger partial charge in [-0.1, -0.05) is 12.1 Å². The summed E-state index contributed by atoms with van der Waals surface area (Å²) in [6, 6.07) is 8.79. The number of likely N-dealkylation sites (N-methyl/N-ethyl adjacent to an activating group) is 1. The van der Waals surface area contributed by atoms with Crippen molar-refractivity contribution in [2.24, 2.45) is 0 Å². The number of halogens is 1. The van der Waals surface area contributed by atoms with Gasteiger partial charge in [0.05, 0.1) is 7.11 Å². The van der Waals surface area contributed by atoms with E-state index in [1.807, 2.05) is 13.1 Å². The molecule has 2 rings (SSSR count). The van der Waals surface area contributed by atoms with E-state index in [0.717, 1.165) is 12.2 Å². The van der Waals surface area contributed by atoms with Crippen LogP contribution < -0.4 is 10.1 Å². The number of thiophene rings is 1. The lowest BCUT2D eigenvalue weighted by Gasteiger charge is -2.17. The lowest BCUT2D eigenvalue weighted by Crippen LogP contribution is -2.18. The van der Waals surface area contributed by atoms with Crippen molar-refractivity contribution in [3.63, 3.8) is 0 Å². The maximum Gasteiger partial charge on any atom is 0.121 e. The zero-order valence-corrected chi connectivity index (χ0v) is 13.8. The topological polar surface area (TPSA) is 21.3 Å². The second-order valence-electron chi connectivity index (χ2n) is 4.47. The number of ether oxygens (including phenoxy) is 1. The lowest BCUT2D eigenvalue weighted by molar-refractivity contribution is 0.411. The van der Waals surface area contributed by atoms with Crippen molar-refractivity contribution >= 4 is 27.3 Å². The minimum atomic E-state index is 0.319. The van der Waals surface area contributed by atoms with Crippen molar-refractivity contribution in [2.75, 3.05) is 14.2 Å². The van der Waals surface area contributed by atoms with Crippen LogP contribution in [-0.2, 0) is 6.42 Å². The minimum absolute atomic E-state index is 0.319. The van der Waals surface area contributed by atoms with Gasteiger partial charge in [0.1, 0.15) is 5.75 Å². The molecule has 4 heteroatoms. The van der Waals surface area contributed by atoms with Crippen LogP contribution in [0.3, 0.4) is 0 Å². The van der Waals surface area contributed by atoms with Gasteiger partial charge >= 0.3 is 0 Å². The standard InChI is InChI=1S/C15H18BrNOS/c1-10-8-11(4-5-14(10)18-3)13(17-2)9-15-12(16)6-7-19-15/h4-8,13,17H,9H2,1-3H3. The first-order valence-electron chi connectivity index (χ1n) is 6.19. The second-order valence-corrected chi connectivity index (χ2v) is 6.32. The summed E-state index contributed by atoms with van der Waals surface area (Å²) in [5, 5.41) is 5.51. The minimum Gasteiger partial charge on any atom is -0.496 e. The van der Waals surface area contributed by atoms with Crippen LogP contribution in [0.2, 0.25) is 0 Å². The van der Waals surface area contributed by atoms with Crippen molar-refractivity contribution in [1.82, 2.24) is 5.32 Å². The Morgan fingerprint density at radius 1 is 1.37 bits per heavy atom. The van der Waals surface area contributed by atoms with E-state index in [1.165, 1.54) is 20.5 Å². The molecule has 0 amide bonds. The molecule has 102 valence electrons. The molecule has 19 heavy (non-hydrogen) atoms. The van der Waals surface area contributed by atoms with Crippen LogP contribution in [0.15, 0.2) is 34.1 Å². The molecule has 0 aliphatic carbocycles. The van der Waals surface area contributed by atoms with E-state index in [-0.39, 0.29) is 0 Å². The van der Waals surface area contributed by atoms with E-state index in [0.29, 0.717) is 6.04 Å². The normalized spacial score (nSPS) is 12.4. The molecule has 2 aromatic rings. The Bertz CT molecular complexity index is 553. The van der Waals surface area contributed by atoms with Crippen molar-refractivity contribution in [2.45, 2.75) is 19.4 Å². The Kier molecular flexibility index (Phi) is 5.02. The average molecular weight is 340 g/mol. The third-order valence-electron chi connectivity index (χ3n) is 3.25. The molecular formula is C15H18BrNOS. The molecule has 1 heterocycles. The summed E-state index contributed by atoms with van der Waals surface area (Å²) < 4.78 is 6.51.